The first-order valence-corrected chi connectivity index (χ1v) is 6.06. The summed E-state index contributed by atoms with van der Waals surface area (Å²) in [5.74, 6) is -0.312. The van der Waals surface area contributed by atoms with Crippen molar-refractivity contribution in [3.05, 3.63) is 59.0 Å². The molecule has 0 amide bonds. The van der Waals surface area contributed by atoms with E-state index in [1.807, 2.05) is 0 Å². The highest BCUT2D eigenvalue weighted by molar-refractivity contribution is 5.75. The van der Waals surface area contributed by atoms with Crippen LogP contribution in [-0.2, 0) is 4.79 Å². The van der Waals surface area contributed by atoms with Crippen LogP contribution in [0.15, 0.2) is 40.8 Å². The number of carbonyl (C=O) groups is 1. The topological polar surface area (TPSA) is 70.7 Å². The predicted octanol–water partition coefficient (Wildman–Crippen LogP) is 2.86. The molecule has 1 aromatic heterocycles. The van der Waals surface area contributed by atoms with E-state index in [9.17, 15) is 9.90 Å². The Labute approximate surface area is 111 Å². The van der Waals surface area contributed by atoms with E-state index in [0.717, 1.165) is 5.76 Å². The molecule has 2 unspecified atom stereocenters. The number of aliphatic hydroxyl groups excluding tert-OH is 1. The molecule has 0 saturated heterocycles. The average Bonchev–Trinajstić information content (AvgIpc) is 2.83. The summed E-state index contributed by atoms with van der Waals surface area (Å²) in [4.78, 5) is 11.0. The molecule has 0 spiro atoms. The summed E-state index contributed by atoms with van der Waals surface area (Å²) in [6.07, 6.45) is -0.880. The summed E-state index contributed by atoms with van der Waals surface area (Å²) < 4.78 is 5.38. The Morgan fingerprint density at radius 1 is 1.21 bits per heavy atom. The third-order valence-corrected chi connectivity index (χ3v) is 3.13. The van der Waals surface area contributed by atoms with Gasteiger partial charge in [-0.1, -0.05) is 24.3 Å². The Hall–Kier alpha value is -2.07. The van der Waals surface area contributed by atoms with Crippen molar-refractivity contribution in [1.82, 2.24) is 0 Å². The number of hydrogen-bond donors (Lipinski definition) is 2. The first kappa shape index (κ1) is 13.4. The molecule has 0 saturated carbocycles. The van der Waals surface area contributed by atoms with Crippen LogP contribution in [0.2, 0.25) is 0 Å². The lowest BCUT2D eigenvalue weighted by molar-refractivity contribution is -0.138. The van der Waals surface area contributed by atoms with Crippen LogP contribution in [0.1, 0.15) is 41.6 Å². The number of benzene rings is 1. The van der Waals surface area contributed by atoms with E-state index in [2.05, 4.69) is 0 Å². The van der Waals surface area contributed by atoms with Gasteiger partial charge in [0, 0.05) is 0 Å². The number of carboxylic acid groups (broad SMARTS) is 1. The van der Waals surface area contributed by atoms with Crippen molar-refractivity contribution < 1.29 is 19.4 Å². The van der Waals surface area contributed by atoms with Crippen LogP contribution >= 0.6 is 0 Å². The van der Waals surface area contributed by atoms with Gasteiger partial charge in [0.2, 0.25) is 0 Å². The summed E-state index contributed by atoms with van der Waals surface area (Å²) in [7, 11) is 0. The van der Waals surface area contributed by atoms with Crippen molar-refractivity contribution in [3.63, 3.8) is 0 Å². The molecule has 4 heteroatoms. The molecule has 1 aromatic carbocycles. The summed E-state index contributed by atoms with van der Waals surface area (Å²) in [6, 6.07) is 10.4. The van der Waals surface area contributed by atoms with Gasteiger partial charge in [-0.15, -0.1) is 0 Å². The minimum Gasteiger partial charge on any atom is -0.481 e. The lowest BCUT2D eigenvalue weighted by Gasteiger charge is -2.12. The normalized spacial score (nSPS) is 14.1. The van der Waals surface area contributed by atoms with Gasteiger partial charge in [-0.2, -0.15) is 0 Å². The molecule has 0 radical (unpaired) electrons. The van der Waals surface area contributed by atoms with Crippen molar-refractivity contribution in [3.8, 4) is 0 Å². The summed E-state index contributed by atoms with van der Waals surface area (Å²) in [5.41, 5.74) is 1.28. The lowest BCUT2D eigenvalue weighted by atomic mass is 9.97. The van der Waals surface area contributed by atoms with Crippen LogP contribution in [0, 0.1) is 6.92 Å². The summed E-state index contributed by atoms with van der Waals surface area (Å²) in [5, 5.41) is 19.2. The van der Waals surface area contributed by atoms with Crippen LogP contribution in [0.5, 0.6) is 0 Å². The number of hydrogen-bond acceptors (Lipinski definition) is 3. The second-order valence-electron chi connectivity index (χ2n) is 4.58. The van der Waals surface area contributed by atoms with E-state index in [-0.39, 0.29) is 0 Å². The monoisotopic (exact) mass is 260 g/mol. The highest BCUT2D eigenvalue weighted by Gasteiger charge is 2.18. The molecule has 1 heterocycles. The number of furan rings is 1. The highest BCUT2D eigenvalue weighted by Crippen LogP contribution is 2.26. The van der Waals surface area contributed by atoms with Crippen molar-refractivity contribution in [2.75, 3.05) is 0 Å². The molecule has 0 aliphatic rings. The Morgan fingerprint density at radius 3 is 2.47 bits per heavy atom. The van der Waals surface area contributed by atoms with Crippen LogP contribution in [-0.4, -0.2) is 16.2 Å². The zero-order valence-corrected chi connectivity index (χ0v) is 10.8. The summed E-state index contributed by atoms with van der Waals surface area (Å²) in [6.45, 7) is 3.42. The molecule has 100 valence electrons. The Balaban J connectivity index is 2.30. The number of aliphatic hydroxyl groups is 1. The van der Waals surface area contributed by atoms with E-state index >= 15 is 0 Å². The molecule has 2 rings (SSSR count). The lowest BCUT2D eigenvalue weighted by Crippen LogP contribution is -2.08. The molecular weight excluding hydrogens is 244 g/mol. The Kier molecular flexibility index (Phi) is 3.71. The molecule has 2 aromatic rings. The standard InChI is InChI=1S/C15H16O4/c1-9-6-7-13(19-9)14(16)12-5-3-4-11(8-12)10(2)15(17)18/h3-8,10,14,16H,1-2H3,(H,17,18). The van der Waals surface area contributed by atoms with Crippen LogP contribution in [0.25, 0.3) is 0 Å². The first-order chi connectivity index (χ1) is 8.99. The molecule has 2 atom stereocenters. The van der Waals surface area contributed by atoms with Gasteiger partial charge in [0.15, 0.2) is 0 Å². The van der Waals surface area contributed by atoms with Crippen molar-refractivity contribution in [2.45, 2.75) is 25.9 Å². The smallest absolute Gasteiger partial charge is 0.310 e. The number of aliphatic carboxylic acids is 1. The third kappa shape index (κ3) is 2.85. The SMILES string of the molecule is Cc1ccc(C(O)c2cccc(C(C)C(=O)O)c2)o1. The maximum Gasteiger partial charge on any atom is 0.310 e. The molecule has 4 nitrogen and oxygen atoms in total. The molecule has 19 heavy (non-hydrogen) atoms. The van der Waals surface area contributed by atoms with Gasteiger partial charge >= 0.3 is 5.97 Å². The van der Waals surface area contributed by atoms with E-state index in [4.69, 9.17) is 9.52 Å². The molecule has 0 bridgehead atoms. The first-order valence-electron chi connectivity index (χ1n) is 6.06. The van der Waals surface area contributed by atoms with E-state index in [1.165, 1.54) is 0 Å². The molecule has 0 aliphatic heterocycles. The van der Waals surface area contributed by atoms with Crippen LogP contribution < -0.4 is 0 Å². The second-order valence-corrected chi connectivity index (χ2v) is 4.58. The van der Waals surface area contributed by atoms with Gasteiger partial charge in [0.05, 0.1) is 5.92 Å². The van der Waals surface area contributed by atoms with E-state index in [0.29, 0.717) is 16.9 Å². The van der Waals surface area contributed by atoms with Gasteiger partial charge in [-0.05, 0) is 37.1 Å². The van der Waals surface area contributed by atoms with Crippen LogP contribution in [0.4, 0.5) is 0 Å². The fraction of sp³-hybridized carbons (Fsp3) is 0.267. The second kappa shape index (κ2) is 5.28. The van der Waals surface area contributed by atoms with Crippen molar-refractivity contribution in [2.24, 2.45) is 0 Å². The Bertz CT molecular complexity index is 585. The zero-order chi connectivity index (χ0) is 14.0. The van der Waals surface area contributed by atoms with Gasteiger partial charge in [-0.25, -0.2) is 0 Å². The van der Waals surface area contributed by atoms with E-state index in [1.54, 1.807) is 50.2 Å². The third-order valence-electron chi connectivity index (χ3n) is 3.13. The minimum absolute atomic E-state index is 0.456. The summed E-state index contributed by atoms with van der Waals surface area (Å²) >= 11 is 0. The number of rotatable bonds is 4. The van der Waals surface area contributed by atoms with Crippen molar-refractivity contribution in [1.29, 1.82) is 0 Å². The van der Waals surface area contributed by atoms with Crippen LogP contribution in [0.3, 0.4) is 0 Å². The largest absolute Gasteiger partial charge is 0.481 e. The number of aryl methyl sites for hydroxylation is 1. The molecule has 0 aliphatic carbocycles. The maximum absolute atomic E-state index is 11.0. The predicted molar refractivity (Wildman–Crippen MR) is 70.0 cm³/mol. The molecule has 0 fully saturated rings. The fourth-order valence-corrected chi connectivity index (χ4v) is 1.91. The van der Waals surface area contributed by atoms with Crippen molar-refractivity contribution >= 4 is 5.97 Å². The van der Waals surface area contributed by atoms with Gasteiger partial charge < -0.3 is 14.6 Å². The van der Waals surface area contributed by atoms with E-state index < -0.39 is 18.0 Å². The minimum atomic E-state index is -0.888. The molecular formula is C15H16O4. The van der Waals surface area contributed by atoms with Gasteiger partial charge in [0.1, 0.15) is 17.6 Å². The highest BCUT2D eigenvalue weighted by atomic mass is 16.4. The number of carboxylic acids is 1. The Morgan fingerprint density at radius 2 is 1.89 bits per heavy atom. The van der Waals surface area contributed by atoms with Gasteiger partial charge in [-0.3, -0.25) is 4.79 Å². The maximum atomic E-state index is 11.0. The zero-order valence-electron chi connectivity index (χ0n) is 10.8. The van der Waals surface area contributed by atoms with Gasteiger partial charge in [0.25, 0.3) is 0 Å². The molecule has 2 N–H and O–H groups in total. The quantitative estimate of drug-likeness (QED) is 0.886. The average molecular weight is 260 g/mol. The fourth-order valence-electron chi connectivity index (χ4n) is 1.91.